The van der Waals surface area contributed by atoms with Crippen molar-refractivity contribution in [2.24, 2.45) is 0 Å². The second-order valence-corrected chi connectivity index (χ2v) is 6.38. The smallest absolute Gasteiger partial charge is 0.227 e. The molecule has 3 rings (SSSR count). The second-order valence-electron chi connectivity index (χ2n) is 5.65. The van der Waals surface area contributed by atoms with Gasteiger partial charge in [-0.3, -0.25) is 4.79 Å². The zero-order chi connectivity index (χ0) is 16.2. The standard InChI is InChI=1S/C16H19FN4OS/c1-12-18-16(23-19-12)21-7-3-6-20(8-9-21)15(22)11-13-4-2-5-14(17)10-13/h2,4-5,10H,3,6-9,11H2,1H3. The maximum Gasteiger partial charge on any atom is 0.227 e. The predicted molar refractivity (Wildman–Crippen MR) is 88.2 cm³/mol. The molecule has 0 unspecified atom stereocenters. The topological polar surface area (TPSA) is 49.3 Å². The molecule has 1 saturated heterocycles. The van der Waals surface area contributed by atoms with Gasteiger partial charge in [-0.05, 0) is 31.0 Å². The number of nitrogens with zero attached hydrogens (tertiary/aromatic N) is 4. The molecule has 23 heavy (non-hydrogen) atoms. The molecule has 0 bridgehead atoms. The minimum absolute atomic E-state index is 0.0471. The average molecular weight is 334 g/mol. The van der Waals surface area contributed by atoms with Gasteiger partial charge in [0.1, 0.15) is 11.6 Å². The fraction of sp³-hybridized carbons (Fsp3) is 0.438. The van der Waals surface area contributed by atoms with E-state index in [-0.39, 0.29) is 18.1 Å². The van der Waals surface area contributed by atoms with Crippen LogP contribution in [0, 0.1) is 12.7 Å². The van der Waals surface area contributed by atoms with E-state index in [1.807, 2.05) is 11.8 Å². The highest BCUT2D eigenvalue weighted by Crippen LogP contribution is 2.19. The summed E-state index contributed by atoms with van der Waals surface area (Å²) in [6, 6.07) is 6.24. The Balaban J connectivity index is 1.60. The Bertz CT molecular complexity index is 690. The van der Waals surface area contributed by atoms with Gasteiger partial charge < -0.3 is 9.80 Å². The van der Waals surface area contributed by atoms with E-state index in [2.05, 4.69) is 14.3 Å². The van der Waals surface area contributed by atoms with Gasteiger partial charge in [0.2, 0.25) is 11.0 Å². The Hall–Kier alpha value is -2.02. The largest absolute Gasteiger partial charge is 0.345 e. The molecule has 5 nitrogen and oxygen atoms in total. The molecule has 1 amide bonds. The number of anilines is 1. The number of rotatable bonds is 3. The van der Waals surface area contributed by atoms with Gasteiger partial charge in [0.25, 0.3) is 0 Å². The molecule has 0 atom stereocenters. The lowest BCUT2D eigenvalue weighted by molar-refractivity contribution is -0.130. The molecular formula is C16H19FN4OS. The van der Waals surface area contributed by atoms with Gasteiger partial charge in [0.15, 0.2) is 0 Å². The molecule has 1 aromatic heterocycles. The van der Waals surface area contributed by atoms with E-state index in [4.69, 9.17) is 0 Å². The van der Waals surface area contributed by atoms with Crippen LogP contribution in [0.4, 0.5) is 9.52 Å². The lowest BCUT2D eigenvalue weighted by atomic mass is 10.1. The average Bonchev–Trinajstić information content (AvgIpc) is 2.81. The van der Waals surface area contributed by atoms with Crippen LogP contribution < -0.4 is 4.90 Å². The predicted octanol–water partition coefficient (Wildman–Crippen LogP) is 2.27. The van der Waals surface area contributed by atoms with Crippen LogP contribution in [0.1, 0.15) is 17.8 Å². The van der Waals surface area contributed by atoms with Crippen molar-refractivity contribution in [2.45, 2.75) is 19.8 Å². The molecule has 1 aliphatic rings. The molecule has 2 heterocycles. The van der Waals surface area contributed by atoms with Crippen molar-refractivity contribution in [3.8, 4) is 0 Å². The summed E-state index contributed by atoms with van der Waals surface area (Å²) in [6.07, 6.45) is 1.14. The summed E-state index contributed by atoms with van der Waals surface area (Å²) in [5.41, 5.74) is 0.718. The first kappa shape index (κ1) is 15.9. The summed E-state index contributed by atoms with van der Waals surface area (Å²) < 4.78 is 17.4. The van der Waals surface area contributed by atoms with Crippen LogP contribution in [0.3, 0.4) is 0 Å². The highest BCUT2D eigenvalue weighted by molar-refractivity contribution is 7.09. The first-order chi connectivity index (χ1) is 11.1. The van der Waals surface area contributed by atoms with Crippen LogP contribution in [-0.2, 0) is 11.2 Å². The molecule has 0 aliphatic carbocycles. The number of carbonyl (C=O) groups excluding carboxylic acids is 1. The van der Waals surface area contributed by atoms with E-state index < -0.39 is 0 Å². The number of carbonyl (C=O) groups is 1. The monoisotopic (exact) mass is 334 g/mol. The van der Waals surface area contributed by atoms with E-state index in [1.165, 1.54) is 23.7 Å². The number of amides is 1. The van der Waals surface area contributed by atoms with Gasteiger partial charge in [-0.2, -0.15) is 4.37 Å². The number of hydrogen-bond donors (Lipinski definition) is 0. The summed E-state index contributed by atoms with van der Waals surface area (Å²) in [5.74, 6) is 0.531. The minimum Gasteiger partial charge on any atom is -0.345 e. The highest BCUT2D eigenvalue weighted by atomic mass is 32.1. The Labute approximate surface area is 138 Å². The highest BCUT2D eigenvalue weighted by Gasteiger charge is 2.21. The normalized spacial score (nSPS) is 15.6. The Morgan fingerprint density at radius 2 is 2.17 bits per heavy atom. The van der Waals surface area contributed by atoms with Crippen LogP contribution in [0.15, 0.2) is 24.3 Å². The summed E-state index contributed by atoms with van der Waals surface area (Å²) in [6.45, 7) is 4.89. The van der Waals surface area contributed by atoms with Crippen molar-refractivity contribution in [2.75, 3.05) is 31.1 Å². The van der Waals surface area contributed by atoms with Gasteiger partial charge >= 0.3 is 0 Å². The van der Waals surface area contributed by atoms with Crippen LogP contribution in [0.5, 0.6) is 0 Å². The van der Waals surface area contributed by atoms with Gasteiger partial charge in [-0.15, -0.1) is 0 Å². The third-order valence-electron chi connectivity index (χ3n) is 3.88. The lowest BCUT2D eigenvalue weighted by Crippen LogP contribution is -2.36. The van der Waals surface area contributed by atoms with E-state index in [0.29, 0.717) is 6.54 Å². The summed E-state index contributed by atoms with van der Waals surface area (Å²) in [7, 11) is 0. The molecule has 0 radical (unpaired) electrons. The van der Waals surface area contributed by atoms with Crippen molar-refractivity contribution < 1.29 is 9.18 Å². The van der Waals surface area contributed by atoms with E-state index >= 15 is 0 Å². The zero-order valence-corrected chi connectivity index (χ0v) is 13.9. The third kappa shape index (κ3) is 4.04. The number of aryl methyl sites for hydroxylation is 1. The van der Waals surface area contributed by atoms with Crippen LogP contribution in [0.2, 0.25) is 0 Å². The fourth-order valence-electron chi connectivity index (χ4n) is 2.71. The summed E-state index contributed by atoms with van der Waals surface area (Å²) in [5, 5.41) is 0.918. The summed E-state index contributed by atoms with van der Waals surface area (Å²) in [4.78, 5) is 20.9. The van der Waals surface area contributed by atoms with Gasteiger partial charge in [0, 0.05) is 37.7 Å². The molecule has 1 aromatic carbocycles. The molecule has 2 aromatic rings. The lowest BCUT2D eigenvalue weighted by Gasteiger charge is -2.21. The minimum atomic E-state index is -0.302. The fourth-order valence-corrected chi connectivity index (χ4v) is 3.43. The Kier molecular flexibility index (Phi) is 4.85. The first-order valence-electron chi connectivity index (χ1n) is 7.69. The van der Waals surface area contributed by atoms with Crippen molar-refractivity contribution in [1.82, 2.24) is 14.3 Å². The third-order valence-corrected chi connectivity index (χ3v) is 4.75. The summed E-state index contributed by atoms with van der Waals surface area (Å²) >= 11 is 1.40. The zero-order valence-electron chi connectivity index (χ0n) is 13.0. The van der Waals surface area contributed by atoms with Crippen molar-refractivity contribution in [3.63, 3.8) is 0 Å². The van der Waals surface area contributed by atoms with Gasteiger partial charge in [-0.1, -0.05) is 12.1 Å². The number of halogens is 1. The van der Waals surface area contributed by atoms with Gasteiger partial charge in [-0.25, -0.2) is 9.37 Å². The molecule has 122 valence electrons. The maximum atomic E-state index is 13.2. The second kappa shape index (κ2) is 7.04. The number of aromatic nitrogens is 2. The molecule has 7 heteroatoms. The molecule has 1 fully saturated rings. The van der Waals surface area contributed by atoms with Crippen LogP contribution in [-0.4, -0.2) is 46.3 Å². The number of benzene rings is 1. The maximum absolute atomic E-state index is 13.2. The molecular weight excluding hydrogens is 315 g/mol. The molecule has 0 N–H and O–H groups in total. The molecule has 0 saturated carbocycles. The van der Waals surface area contributed by atoms with Gasteiger partial charge in [0.05, 0.1) is 6.42 Å². The van der Waals surface area contributed by atoms with Crippen molar-refractivity contribution >= 4 is 22.6 Å². The first-order valence-corrected chi connectivity index (χ1v) is 8.46. The van der Waals surface area contributed by atoms with Crippen molar-refractivity contribution in [1.29, 1.82) is 0 Å². The molecule has 1 aliphatic heterocycles. The van der Waals surface area contributed by atoms with E-state index in [0.717, 1.165) is 42.6 Å². The van der Waals surface area contributed by atoms with Crippen LogP contribution >= 0.6 is 11.5 Å². The quantitative estimate of drug-likeness (QED) is 0.864. The molecule has 0 spiro atoms. The Morgan fingerprint density at radius 1 is 1.30 bits per heavy atom. The Morgan fingerprint density at radius 3 is 2.91 bits per heavy atom. The van der Waals surface area contributed by atoms with E-state index in [1.54, 1.807) is 12.1 Å². The van der Waals surface area contributed by atoms with Crippen LogP contribution in [0.25, 0.3) is 0 Å². The SMILES string of the molecule is Cc1nsc(N2CCCN(C(=O)Cc3cccc(F)c3)CC2)n1. The van der Waals surface area contributed by atoms with Crippen molar-refractivity contribution in [3.05, 3.63) is 41.5 Å². The number of hydrogen-bond acceptors (Lipinski definition) is 5. The van der Waals surface area contributed by atoms with E-state index in [9.17, 15) is 9.18 Å².